The van der Waals surface area contributed by atoms with Gasteiger partial charge in [0.2, 0.25) is 5.78 Å². The number of hydrogen-bond donors (Lipinski definition) is 0. The van der Waals surface area contributed by atoms with E-state index in [1.165, 1.54) is 39.8 Å². The quantitative estimate of drug-likeness (QED) is 0.342. The van der Waals surface area contributed by atoms with Gasteiger partial charge in [-0.2, -0.15) is 0 Å². The lowest BCUT2D eigenvalue weighted by molar-refractivity contribution is -0.134. The molecule has 3 atom stereocenters. The number of aromatic nitrogens is 2. The number of Topliss-reactive ketones (excluding diaryl/α,β-unsaturated/α-hetero) is 1. The second kappa shape index (κ2) is 10.3. The van der Waals surface area contributed by atoms with Crippen LogP contribution in [0.5, 0.6) is 0 Å². The van der Waals surface area contributed by atoms with Gasteiger partial charge in [-0.05, 0) is 35.4 Å². The van der Waals surface area contributed by atoms with Crippen LogP contribution in [-0.2, 0) is 14.4 Å². The van der Waals surface area contributed by atoms with Gasteiger partial charge in [0.15, 0.2) is 11.4 Å². The molecule has 10 heteroatoms. The monoisotopic (exact) mass is 453 g/mol. The molecule has 0 aliphatic carbocycles. The summed E-state index contributed by atoms with van der Waals surface area (Å²) in [4.78, 5) is 36.9. The Morgan fingerprint density at radius 1 is 1.24 bits per heavy atom. The number of piperidine rings is 1. The van der Waals surface area contributed by atoms with Crippen LogP contribution in [0.1, 0.15) is 18.0 Å². The van der Waals surface area contributed by atoms with Crippen LogP contribution in [0.2, 0.25) is 5.15 Å². The summed E-state index contributed by atoms with van der Waals surface area (Å²) in [5.41, 5.74) is 0.145. The van der Waals surface area contributed by atoms with Crippen LogP contribution in [0.4, 0.5) is 4.39 Å². The molecule has 0 saturated carbocycles. The number of likely N-dealkylation sites (tertiary alicyclic amines) is 1. The van der Waals surface area contributed by atoms with Crippen molar-refractivity contribution >= 4 is 51.5 Å². The molecular weight excluding hydrogens is 437 g/mol. The van der Waals surface area contributed by atoms with Gasteiger partial charge < -0.3 is 4.79 Å². The molecule has 1 aliphatic heterocycles. The number of hydrogen-bond acceptors (Lipinski definition) is 8. The lowest BCUT2D eigenvalue weighted by atomic mass is 9.93. The van der Waals surface area contributed by atoms with Crippen LogP contribution in [0, 0.1) is 11.7 Å². The molecule has 152 valence electrons. The topological polar surface area (TPSA) is 80.2 Å². The van der Waals surface area contributed by atoms with E-state index >= 15 is 0 Å². The standard InChI is InChI=1S/C19H17ClFN3O3S2/c20-17-5-6-18(23-22-17)29-28-16-7-8-24(9-12(16)10-25)19(15(27)11-26)13-3-1-2-4-14(13)21/h1-6,10-12,16,19H,7-9H2. The lowest BCUT2D eigenvalue weighted by Gasteiger charge is -2.39. The predicted molar refractivity (Wildman–Crippen MR) is 110 cm³/mol. The molecule has 3 unspecified atom stereocenters. The number of benzene rings is 1. The van der Waals surface area contributed by atoms with Crippen molar-refractivity contribution in [3.05, 3.63) is 52.9 Å². The molecule has 29 heavy (non-hydrogen) atoms. The first-order valence-corrected chi connectivity index (χ1v) is 11.4. The minimum absolute atomic E-state index is 0.0150. The maximum absolute atomic E-state index is 14.3. The highest BCUT2D eigenvalue weighted by Crippen LogP contribution is 2.41. The number of nitrogens with zero attached hydrogens (tertiary/aromatic N) is 3. The van der Waals surface area contributed by atoms with Crippen molar-refractivity contribution in [2.45, 2.75) is 22.7 Å². The summed E-state index contributed by atoms with van der Waals surface area (Å²) in [6.45, 7) is 0.708. The van der Waals surface area contributed by atoms with E-state index in [-0.39, 0.29) is 29.6 Å². The summed E-state index contributed by atoms with van der Waals surface area (Å²) in [6.07, 6.45) is 1.66. The van der Waals surface area contributed by atoms with Gasteiger partial charge >= 0.3 is 0 Å². The fourth-order valence-corrected chi connectivity index (χ4v) is 5.89. The first-order valence-electron chi connectivity index (χ1n) is 8.79. The van der Waals surface area contributed by atoms with Crippen LogP contribution in [-0.4, -0.2) is 51.8 Å². The van der Waals surface area contributed by atoms with Crippen molar-refractivity contribution in [1.82, 2.24) is 15.1 Å². The Labute approximate surface area is 180 Å². The van der Waals surface area contributed by atoms with Gasteiger partial charge in [0.25, 0.3) is 0 Å². The summed E-state index contributed by atoms with van der Waals surface area (Å²) in [7, 11) is 2.90. The third kappa shape index (κ3) is 5.42. The van der Waals surface area contributed by atoms with Crippen molar-refractivity contribution in [3.63, 3.8) is 0 Å². The van der Waals surface area contributed by atoms with E-state index in [1.807, 2.05) is 0 Å². The zero-order valence-electron chi connectivity index (χ0n) is 15.1. The van der Waals surface area contributed by atoms with E-state index in [2.05, 4.69) is 10.2 Å². The normalized spacial score (nSPS) is 20.8. The Morgan fingerprint density at radius 2 is 2.03 bits per heavy atom. The first kappa shape index (κ1) is 21.9. The molecule has 3 rings (SSSR count). The van der Waals surface area contributed by atoms with Crippen molar-refractivity contribution in [1.29, 1.82) is 0 Å². The summed E-state index contributed by atoms with van der Waals surface area (Å²) >= 11 is 5.73. The largest absolute Gasteiger partial charge is 0.303 e. The average molecular weight is 454 g/mol. The molecular formula is C19H17ClFN3O3S2. The smallest absolute Gasteiger partial charge is 0.216 e. The lowest BCUT2D eigenvalue weighted by Crippen LogP contribution is -2.46. The van der Waals surface area contributed by atoms with Gasteiger partial charge in [0, 0.05) is 29.8 Å². The Bertz CT molecular complexity index is 887. The molecule has 0 spiro atoms. The highest BCUT2D eigenvalue weighted by atomic mass is 35.5. The number of rotatable bonds is 8. The second-order valence-corrected chi connectivity index (χ2v) is 9.29. The number of carbonyl (C=O) groups excluding carboxylic acids is 3. The van der Waals surface area contributed by atoms with Crippen LogP contribution >= 0.6 is 33.2 Å². The first-order chi connectivity index (χ1) is 14.0. The van der Waals surface area contributed by atoms with Gasteiger partial charge in [-0.25, -0.2) is 4.39 Å². The molecule has 1 aliphatic rings. The Hall–Kier alpha value is -1.81. The van der Waals surface area contributed by atoms with Crippen molar-refractivity contribution in [3.8, 4) is 0 Å². The Kier molecular flexibility index (Phi) is 7.77. The molecule has 0 radical (unpaired) electrons. The molecule has 1 saturated heterocycles. The molecule has 1 fully saturated rings. The van der Waals surface area contributed by atoms with Crippen molar-refractivity contribution in [2.24, 2.45) is 5.92 Å². The molecule has 0 amide bonds. The van der Waals surface area contributed by atoms with Crippen LogP contribution in [0.25, 0.3) is 0 Å². The third-order valence-corrected chi connectivity index (χ3v) is 7.68. The zero-order chi connectivity index (χ0) is 20.8. The van der Waals surface area contributed by atoms with Crippen molar-refractivity contribution < 1.29 is 18.8 Å². The van der Waals surface area contributed by atoms with Crippen LogP contribution in [0.3, 0.4) is 0 Å². The Balaban J connectivity index is 1.72. The SMILES string of the molecule is O=CC(=O)C(c1ccccc1F)N1CCC(SSc2ccc(Cl)nn2)C(C=O)C1. The van der Waals surface area contributed by atoms with E-state index in [4.69, 9.17) is 11.6 Å². The number of halogens is 2. The molecule has 1 aromatic carbocycles. The number of carbonyl (C=O) groups is 3. The number of ketones is 1. The number of aldehydes is 2. The van der Waals surface area contributed by atoms with Crippen LogP contribution in [0.15, 0.2) is 41.4 Å². The maximum Gasteiger partial charge on any atom is 0.216 e. The molecule has 1 aromatic heterocycles. The summed E-state index contributed by atoms with van der Waals surface area (Å²) in [6, 6.07) is 8.24. The highest BCUT2D eigenvalue weighted by molar-refractivity contribution is 8.76. The molecule has 6 nitrogen and oxygen atoms in total. The summed E-state index contributed by atoms with van der Waals surface area (Å²) in [5.74, 6) is -1.66. The fourth-order valence-electron chi connectivity index (χ4n) is 3.22. The molecule has 2 heterocycles. The van der Waals surface area contributed by atoms with E-state index in [1.54, 1.807) is 23.1 Å². The minimum atomic E-state index is -1.03. The van der Waals surface area contributed by atoms with E-state index in [9.17, 15) is 18.8 Å². The zero-order valence-corrected chi connectivity index (χ0v) is 17.5. The van der Waals surface area contributed by atoms with Gasteiger partial charge in [-0.15, -0.1) is 10.2 Å². The molecule has 0 N–H and O–H groups in total. The van der Waals surface area contributed by atoms with E-state index in [0.29, 0.717) is 23.1 Å². The third-order valence-electron chi connectivity index (χ3n) is 4.61. The predicted octanol–water partition coefficient (Wildman–Crippen LogP) is 3.41. The Morgan fingerprint density at radius 3 is 2.69 bits per heavy atom. The van der Waals surface area contributed by atoms with E-state index in [0.717, 1.165) is 6.29 Å². The summed E-state index contributed by atoms with van der Waals surface area (Å²) < 4.78 is 14.3. The van der Waals surface area contributed by atoms with Crippen LogP contribution < -0.4 is 0 Å². The minimum Gasteiger partial charge on any atom is -0.303 e. The van der Waals surface area contributed by atoms with Gasteiger partial charge in [0.05, 0.1) is 0 Å². The summed E-state index contributed by atoms with van der Waals surface area (Å²) in [5, 5.41) is 8.72. The second-order valence-electron chi connectivity index (χ2n) is 6.44. The molecule has 2 aromatic rings. The van der Waals surface area contributed by atoms with E-state index < -0.39 is 17.6 Å². The van der Waals surface area contributed by atoms with Crippen molar-refractivity contribution in [2.75, 3.05) is 13.1 Å². The maximum atomic E-state index is 14.3. The fraction of sp³-hybridized carbons (Fsp3) is 0.316. The van der Waals surface area contributed by atoms with Gasteiger partial charge in [0.1, 0.15) is 23.2 Å². The highest BCUT2D eigenvalue weighted by Gasteiger charge is 2.37. The molecule has 0 bridgehead atoms. The van der Waals surface area contributed by atoms with Gasteiger partial charge in [-0.1, -0.05) is 40.6 Å². The van der Waals surface area contributed by atoms with Gasteiger partial charge in [-0.3, -0.25) is 14.5 Å². The average Bonchev–Trinajstić information content (AvgIpc) is 2.75.